The molecule has 8 heteroatoms. The maximum Gasteiger partial charge on any atom is 0.163 e. The van der Waals surface area contributed by atoms with Gasteiger partial charge < -0.3 is 10.1 Å². The van der Waals surface area contributed by atoms with Crippen LogP contribution in [-0.4, -0.2) is 33.2 Å². The largest absolute Gasteiger partial charge is 0.371 e. The van der Waals surface area contributed by atoms with Crippen LogP contribution in [0.5, 0.6) is 0 Å². The summed E-state index contributed by atoms with van der Waals surface area (Å²) >= 11 is 7.86. The third kappa shape index (κ3) is 4.82. The molecule has 1 N–H and O–H groups in total. The fourth-order valence-electron chi connectivity index (χ4n) is 4.86. The van der Waals surface area contributed by atoms with E-state index in [0.717, 1.165) is 59.8 Å². The van der Waals surface area contributed by atoms with E-state index in [9.17, 15) is 4.79 Å². The highest BCUT2D eigenvalue weighted by atomic mass is 35.5. The van der Waals surface area contributed by atoms with E-state index in [1.54, 1.807) is 18.3 Å². The molecule has 0 bridgehead atoms. The molecule has 0 unspecified atom stereocenters. The van der Waals surface area contributed by atoms with E-state index in [-0.39, 0.29) is 5.78 Å². The predicted octanol–water partition coefficient (Wildman–Crippen LogP) is 7.97. The Bertz CT molecular complexity index is 1680. The molecule has 0 amide bonds. The van der Waals surface area contributed by atoms with Crippen LogP contribution >= 0.6 is 22.9 Å². The smallest absolute Gasteiger partial charge is 0.163 e. The number of thiazole rings is 1. The standard InChI is InChI=1S/C30H31ClN4O2S/c1-16-14-22-27(38-29(33-22)19-10-13-23-21(15-19)28(32-6)34-35(23)7)25(18-8-11-20(31)12-9-18)24(16)26(17(2)36)37-30(3,4)5/h8-15,26H,1-7H3,(H,32,34)/t26-/m1/s1. The van der Waals surface area contributed by atoms with Crippen LogP contribution in [0.4, 0.5) is 5.82 Å². The highest BCUT2D eigenvalue weighted by molar-refractivity contribution is 7.22. The van der Waals surface area contributed by atoms with Gasteiger partial charge in [-0.1, -0.05) is 23.7 Å². The van der Waals surface area contributed by atoms with Crippen LogP contribution in [-0.2, 0) is 16.6 Å². The number of benzene rings is 3. The van der Waals surface area contributed by atoms with Crippen molar-refractivity contribution in [1.82, 2.24) is 14.8 Å². The average molecular weight is 547 g/mol. The molecule has 0 aliphatic heterocycles. The maximum atomic E-state index is 13.0. The van der Waals surface area contributed by atoms with Gasteiger partial charge in [-0.2, -0.15) is 5.10 Å². The SMILES string of the molecule is CNc1nn(C)c2ccc(-c3nc4cc(C)c([C@H](OC(C)(C)C)C(C)=O)c(-c5ccc(Cl)cc5)c4s3)cc12. The average Bonchev–Trinajstić information content (AvgIpc) is 3.42. The van der Waals surface area contributed by atoms with Crippen molar-refractivity contribution < 1.29 is 9.53 Å². The number of Topliss-reactive ketones (excluding diaryl/α,β-unsaturated/α-hetero) is 1. The molecule has 2 heterocycles. The second-order valence-corrected chi connectivity index (χ2v) is 12.0. The number of fused-ring (bicyclic) bond motifs is 2. The first-order valence-corrected chi connectivity index (χ1v) is 13.7. The lowest BCUT2D eigenvalue weighted by molar-refractivity contribution is -0.138. The number of anilines is 1. The number of aryl methyl sites for hydroxylation is 2. The minimum atomic E-state index is -0.708. The molecule has 0 saturated heterocycles. The van der Waals surface area contributed by atoms with E-state index < -0.39 is 11.7 Å². The van der Waals surface area contributed by atoms with Gasteiger partial charge in [0.2, 0.25) is 0 Å². The molecular formula is C30H31ClN4O2S. The van der Waals surface area contributed by atoms with Gasteiger partial charge in [-0.15, -0.1) is 11.3 Å². The Morgan fingerprint density at radius 3 is 2.42 bits per heavy atom. The van der Waals surface area contributed by atoms with Crippen LogP contribution in [0.3, 0.4) is 0 Å². The van der Waals surface area contributed by atoms with Gasteiger partial charge in [0.05, 0.1) is 21.3 Å². The van der Waals surface area contributed by atoms with Crippen LogP contribution < -0.4 is 5.32 Å². The number of carbonyl (C=O) groups excluding carboxylic acids is 1. The second-order valence-electron chi connectivity index (χ2n) is 10.5. The Kier molecular flexibility index (Phi) is 6.80. The van der Waals surface area contributed by atoms with Gasteiger partial charge in [0.25, 0.3) is 0 Å². The summed E-state index contributed by atoms with van der Waals surface area (Å²) in [4.78, 5) is 18.0. The molecule has 38 heavy (non-hydrogen) atoms. The van der Waals surface area contributed by atoms with Crippen molar-refractivity contribution >= 4 is 55.7 Å². The van der Waals surface area contributed by atoms with Crippen LogP contribution in [0.2, 0.25) is 5.02 Å². The number of nitrogens with one attached hydrogen (secondary N) is 1. The molecule has 0 fully saturated rings. The van der Waals surface area contributed by atoms with Crippen molar-refractivity contribution in [3.8, 4) is 21.7 Å². The Hall–Kier alpha value is -3.26. The summed E-state index contributed by atoms with van der Waals surface area (Å²) in [6, 6.07) is 16.1. The summed E-state index contributed by atoms with van der Waals surface area (Å²) in [5.74, 6) is 0.790. The molecular weight excluding hydrogens is 516 g/mol. The van der Waals surface area contributed by atoms with Crippen molar-refractivity contribution in [2.24, 2.45) is 7.05 Å². The highest BCUT2D eigenvalue weighted by Gasteiger charge is 2.30. The monoisotopic (exact) mass is 546 g/mol. The van der Waals surface area contributed by atoms with Crippen molar-refractivity contribution in [2.45, 2.75) is 46.3 Å². The zero-order valence-corrected chi connectivity index (χ0v) is 24.2. The van der Waals surface area contributed by atoms with Crippen molar-refractivity contribution in [2.75, 3.05) is 12.4 Å². The molecule has 0 aliphatic rings. The summed E-state index contributed by atoms with van der Waals surface area (Å²) in [6.45, 7) is 9.52. The molecule has 3 aromatic carbocycles. The number of rotatable bonds is 6. The van der Waals surface area contributed by atoms with E-state index >= 15 is 0 Å². The lowest BCUT2D eigenvalue weighted by atomic mass is 9.90. The Labute approximate surface area is 231 Å². The normalized spacial score (nSPS) is 12.8. The Balaban J connectivity index is 1.78. The fourth-order valence-corrected chi connectivity index (χ4v) is 6.10. The minimum absolute atomic E-state index is 0.0380. The molecule has 0 spiro atoms. The van der Waals surface area contributed by atoms with Gasteiger partial charge in [-0.25, -0.2) is 4.98 Å². The number of hydrogen-bond acceptors (Lipinski definition) is 6. The Morgan fingerprint density at radius 2 is 1.79 bits per heavy atom. The van der Waals surface area contributed by atoms with Gasteiger partial charge >= 0.3 is 0 Å². The highest BCUT2D eigenvalue weighted by Crippen LogP contribution is 2.45. The number of ether oxygens (including phenoxy) is 1. The molecule has 6 nitrogen and oxygen atoms in total. The van der Waals surface area contributed by atoms with Gasteiger partial charge in [-0.3, -0.25) is 9.48 Å². The summed E-state index contributed by atoms with van der Waals surface area (Å²) in [6.07, 6.45) is -0.708. The molecule has 2 aromatic heterocycles. The first-order valence-electron chi connectivity index (χ1n) is 12.5. The van der Waals surface area contributed by atoms with Crippen molar-refractivity contribution in [3.63, 3.8) is 0 Å². The van der Waals surface area contributed by atoms with Gasteiger partial charge in [0.1, 0.15) is 11.1 Å². The van der Waals surface area contributed by atoms with E-state index in [4.69, 9.17) is 21.3 Å². The molecule has 5 aromatic rings. The number of nitrogens with zero attached hydrogens (tertiary/aromatic N) is 3. The molecule has 1 atom stereocenters. The zero-order valence-electron chi connectivity index (χ0n) is 22.6. The third-order valence-corrected chi connectivity index (χ3v) is 7.89. The fraction of sp³-hybridized carbons (Fsp3) is 0.300. The molecule has 196 valence electrons. The number of aromatic nitrogens is 3. The third-order valence-electron chi connectivity index (χ3n) is 6.50. The van der Waals surface area contributed by atoms with Crippen molar-refractivity contribution in [3.05, 3.63) is 64.7 Å². The summed E-state index contributed by atoms with van der Waals surface area (Å²) < 4.78 is 9.24. The van der Waals surface area contributed by atoms with E-state index in [1.165, 1.54) is 0 Å². The lowest BCUT2D eigenvalue weighted by Crippen LogP contribution is -2.27. The minimum Gasteiger partial charge on any atom is -0.371 e. The van der Waals surface area contributed by atoms with Crippen molar-refractivity contribution in [1.29, 1.82) is 0 Å². The summed E-state index contributed by atoms with van der Waals surface area (Å²) in [5.41, 5.74) is 6.20. The lowest BCUT2D eigenvalue weighted by Gasteiger charge is -2.29. The number of halogens is 1. The van der Waals surface area contributed by atoms with Crippen LogP contribution in [0.25, 0.3) is 42.8 Å². The van der Waals surface area contributed by atoms with Crippen LogP contribution in [0.1, 0.15) is 44.9 Å². The molecule has 0 aliphatic carbocycles. The van der Waals surface area contributed by atoms with E-state index in [1.807, 2.05) is 70.7 Å². The summed E-state index contributed by atoms with van der Waals surface area (Å²) in [5, 5.41) is 10.3. The number of carbonyl (C=O) groups is 1. The maximum absolute atomic E-state index is 13.0. The first kappa shape index (κ1) is 26.4. The van der Waals surface area contributed by atoms with Gasteiger partial charge in [0.15, 0.2) is 11.6 Å². The van der Waals surface area contributed by atoms with Gasteiger partial charge in [-0.05, 0) is 82.1 Å². The molecule has 0 radical (unpaired) electrons. The quantitative estimate of drug-likeness (QED) is 0.234. The topological polar surface area (TPSA) is 69.0 Å². The van der Waals surface area contributed by atoms with E-state index in [0.29, 0.717) is 5.02 Å². The molecule has 5 rings (SSSR count). The van der Waals surface area contributed by atoms with Crippen LogP contribution in [0, 0.1) is 6.92 Å². The number of ketones is 1. The zero-order chi connectivity index (χ0) is 27.4. The summed E-state index contributed by atoms with van der Waals surface area (Å²) in [7, 11) is 3.81. The van der Waals surface area contributed by atoms with Crippen LogP contribution in [0.15, 0.2) is 48.5 Å². The van der Waals surface area contributed by atoms with E-state index in [2.05, 4.69) is 34.7 Å². The predicted molar refractivity (Wildman–Crippen MR) is 158 cm³/mol. The first-order chi connectivity index (χ1) is 18.0. The van der Waals surface area contributed by atoms with Gasteiger partial charge in [0, 0.05) is 41.2 Å². The molecule has 0 saturated carbocycles. The Morgan fingerprint density at radius 1 is 1.11 bits per heavy atom. The number of hydrogen-bond donors (Lipinski definition) is 1. The second kappa shape index (κ2) is 9.80.